The second kappa shape index (κ2) is 8.53. The van der Waals surface area contributed by atoms with Gasteiger partial charge < -0.3 is 10.2 Å². The first-order valence-electron chi connectivity index (χ1n) is 9.66. The van der Waals surface area contributed by atoms with Crippen LogP contribution in [0.3, 0.4) is 0 Å². The molecule has 1 aromatic carbocycles. The van der Waals surface area contributed by atoms with Crippen LogP contribution in [-0.2, 0) is 0 Å². The molecule has 0 unspecified atom stereocenters. The number of aromatic nitrogens is 2. The Morgan fingerprint density at radius 2 is 1.79 bits per heavy atom. The van der Waals surface area contributed by atoms with Gasteiger partial charge in [-0.05, 0) is 44.0 Å². The number of likely N-dealkylation sites (tertiary alicyclic amines) is 1. The fourth-order valence-corrected chi connectivity index (χ4v) is 4.43. The maximum Gasteiger partial charge on any atom is 0.265 e. The van der Waals surface area contributed by atoms with Gasteiger partial charge in [0.2, 0.25) is 0 Å². The summed E-state index contributed by atoms with van der Waals surface area (Å²) in [5, 5.41) is 3.84. The van der Waals surface area contributed by atoms with Crippen LogP contribution in [0.1, 0.15) is 38.6 Å². The highest BCUT2D eigenvalue weighted by molar-refractivity contribution is 7.17. The Balaban J connectivity index is 1.37. The van der Waals surface area contributed by atoms with E-state index < -0.39 is 0 Å². The van der Waals surface area contributed by atoms with Gasteiger partial charge in [-0.2, -0.15) is 0 Å². The SMILES string of the molecule is Cc1nc(-c2ccccn2)sc1C(=O)N1CCC(NC(=O)c2ccccc2)CC1. The minimum absolute atomic E-state index is 0.00928. The van der Waals surface area contributed by atoms with E-state index in [9.17, 15) is 9.59 Å². The number of piperidine rings is 1. The Kier molecular flexibility index (Phi) is 5.67. The van der Waals surface area contributed by atoms with Crippen molar-refractivity contribution >= 4 is 23.2 Å². The Labute approximate surface area is 173 Å². The Morgan fingerprint density at radius 3 is 2.48 bits per heavy atom. The third kappa shape index (κ3) is 4.35. The van der Waals surface area contributed by atoms with Crippen molar-refractivity contribution in [3.05, 3.63) is 70.9 Å². The number of pyridine rings is 1. The van der Waals surface area contributed by atoms with Crippen LogP contribution < -0.4 is 5.32 Å². The first-order valence-corrected chi connectivity index (χ1v) is 10.5. The molecular formula is C22H22N4O2S. The van der Waals surface area contributed by atoms with Crippen LogP contribution in [0.25, 0.3) is 10.7 Å². The standard InChI is InChI=1S/C22H22N4O2S/c1-15-19(29-21(24-15)18-9-5-6-12-23-18)22(28)26-13-10-17(11-14-26)25-20(27)16-7-3-2-4-8-16/h2-9,12,17H,10-11,13-14H2,1H3,(H,25,27). The number of hydrogen-bond acceptors (Lipinski definition) is 5. The number of amides is 2. The van der Waals surface area contributed by atoms with E-state index >= 15 is 0 Å². The highest BCUT2D eigenvalue weighted by Gasteiger charge is 2.27. The van der Waals surface area contributed by atoms with E-state index in [2.05, 4.69) is 15.3 Å². The molecule has 148 valence electrons. The first-order chi connectivity index (χ1) is 14.1. The van der Waals surface area contributed by atoms with Crippen molar-refractivity contribution < 1.29 is 9.59 Å². The van der Waals surface area contributed by atoms with E-state index in [0.29, 0.717) is 23.5 Å². The lowest BCUT2D eigenvalue weighted by atomic mass is 10.0. The highest BCUT2D eigenvalue weighted by Crippen LogP contribution is 2.28. The molecule has 0 saturated carbocycles. The zero-order valence-electron chi connectivity index (χ0n) is 16.2. The van der Waals surface area contributed by atoms with E-state index in [-0.39, 0.29) is 17.9 Å². The number of carbonyl (C=O) groups is 2. The molecule has 0 bridgehead atoms. The third-order valence-corrected chi connectivity index (χ3v) is 6.20. The molecule has 1 aliphatic rings. The van der Waals surface area contributed by atoms with Crippen molar-refractivity contribution in [2.24, 2.45) is 0 Å². The van der Waals surface area contributed by atoms with Gasteiger partial charge in [0.15, 0.2) is 0 Å². The average Bonchev–Trinajstić information content (AvgIpc) is 3.16. The number of thiazole rings is 1. The number of aryl methyl sites for hydroxylation is 1. The first kappa shape index (κ1) is 19.3. The number of nitrogens with one attached hydrogen (secondary N) is 1. The number of rotatable bonds is 4. The molecule has 0 spiro atoms. The minimum Gasteiger partial charge on any atom is -0.349 e. The molecule has 1 fully saturated rings. The summed E-state index contributed by atoms with van der Waals surface area (Å²) >= 11 is 1.39. The van der Waals surface area contributed by atoms with Crippen LogP contribution in [0, 0.1) is 6.92 Å². The van der Waals surface area contributed by atoms with Crippen molar-refractivity contribution in [1.29, 1.82) is 0 Å². The lowest BCUT2D eigenvalue weighted by Crippen LogP contribution is -2.46. The van der Waals surface area contributed by atoms with Gasteiger partial charge in [-0.15, -0.1) is 11.3 Å². The van der Waals surface area contributed by atoms with E-state index in [4.69, 9.17) is 0 Å². The zero-order valence-corrected chi connectivity index (χ0v) is 17.0. The monoisotopic (exact) mass is 406 g/mol. The van der Waals surface area contributed by atoms with Gasteiger partial charge in [-0.3, -0.25) is 14.6 Å². The molecule has 1 aliphatic heterocycles. The molecule has 0 atom stereocenters. The summed E-state index contributed by atoms with van der Waals surface area (Å²) in [4.78, 5) is 36.7. The highest BCUT2D eigenvalue weighted by atomic mass is 32.1. The smallest absolute Gasteiger partial charge is 0.265 e. The van der Waals surface area contributed by atoms with Gasteiger partial charge >= 0.3 is 0 Å². The summed E-state index contributed by atoms with van der Waals surface area (Å²) in [5.74, 6) is -0.0521. The molecule has 4 rings (SSSR count). The molecule has 2 amide bonds. The Morgan fingerprint density at radius 1 is 1.07 bits per heavy atom. The molecule has 0 radical (unpaired) electrons. The van der Waals surface area contributed by atoms with Crippen LogP contribution >= 0.6 is 11.3 Å². The Bertz CT molecular complexity index is 996. The van der Waals surface area contributed by atoms with Crippen LogP contribution in [0.5, 0.6) is 0 Å². The van der Waals surface area contributed by atoms with E-state index in [1.165, 1.54) is 11.3 Å². The molecule has 0 aliphatic carbocycles. The summed E-state index contributed by atoms with van der Waals surface area (Å²) in [6, 6.07) is 15.0. The normalized spacial score (nSPS) is 14.6. The number of benzene rings is 1. The van der Waals surface area contributed by atoms with Gasteiger partial charge in [0.25, 0.3) is 11.8 Å². The van der Waals surface area contributed by atoms with Crippen molar-refractivity contribution in [1.82, 2.24) is 20.2 Å². The van der Waals surface area contributed by atoms with Gasteiger partial charge in [0.1, 0.15) is 9.88 Å². The van der Waals surface area contributed by atoms with Crippen molar-refractivity contribution in [2.45, 2.75) is 25.8 Å². The largest absolute Gasteiger partial charge is 0.349 e. The van der Waals surface area contributed by atoms with Crippen molar-refractivity contribution in [2.75, 3.05) is 13.1 Å². The van der Waals surface area contributed by atoms with Crippen LogP contribution in [0.4, 0.5) is 0 Å². The maximum atomic E-state index is 13.0. The summed E-state index contributed by atoms with van der Waals surface area (Å²) in [6.45, 7) is 3.10. The van der Waals surface area contributed by atoms with Crippen molar-refractivity contribution in [3.8, 4) is 10.7 Å². The summed E-state index contributed by atoms with van der Waals surface area (Å²) in [7, 11) is 0. The number of hydrogen-bond donors (Lipinski definition) is 1. The molecule has 1 saturated heterocycles. The predicted octanol–water partition coefficient (Wildman–Crippen LogP) is 3.55. The molecule has 3 aromatic rings. The molecule has 3 heterocycles. The fourth-order valence-electron chi connectivity index (χ4n) is 3.42. The Hall–Kier alpha value is -3.06. The van der Waals surface area contributed by atoms with Gasteiger partial charge in [-0.25, -0.2) is 4.98 Å². The second-order valence-electron chi connectivity index (χ2n) is 7.05. The predicted molar refractivity (Wildman–Crippen MR) is 113 cm³/mol. The molecule has 1 N–H and O–H groups in total. The van der Waals surface area contributed by atoms with E-state index in [1.807, 2.05) is 48.2 Å². The zero-order chi connectivity index (χ0) is 20.2. The van der Waals surface area contributed by atoms with Crippen molar-refractivity contribution in [3.63, 3.8) is 0 Å². The fraction of sp³-hybridized carbons (Fsp3) is 0.273. The van der Waals surface area contributed by atoms with Crippen LogP contribution in [-0.4, -0.2) is 45.8 Å². The summed E-state index contributed by atoms with van der Waals surface area (Å²) in [6.07, 6.45) is 3.21. The number of nitrogens with zero attached hydrogens (tertiary/aromatic N) is 3. The van der Waals surface area contributed by atoms with Gasteiger partial charge in [-0.1, -0.05) is 24.3 Å². The third-order valence-electron chi connectivity index (χ3n) is 5.03. The second-order valence-corrected chi connectivity index (χ2v) is 8.05. The topological polar surface area (TPSA) is 75.2 Å². The van der Waals surface area contributed by atoms with E-state index in [0.717, 1.165) is 29.2 Å². The average molecular weight is 407 g/mol. The van der Waals surface area contributed by atoms with Gasteiger partial charge in [0.05, 0.1) is 11.4 Å². The molecule has 2 aromatic heterocycles. The lowest BCUT2D eigenvalue weighted by molar-refractivity contribution is 0.0702. The summed E-state index contributed by atoms with van der Waals surface area (Å²) in [5.41, 5.74) is 2.18. The van der Waals surface area contributed by atoms with Gasteiger partial charge in [0, 0.05) is 30.9 Å². The molecule has 29 heavy (non-hydrogen) atoms. The molecule has 7 heteroatoms. The van der Waals surface area contributed by atoms with Crippen LogP contribution in [0.2, 0.25) is 0 Å². The van der Waals surface area contributed by atoms with Crippen LogP contribution in [0.15, 0.2) is 54.7 Å². The summed E-state index contributed by atoms with van der Waals surface area (Å²) < 4.78 is 0. The van der Waals surface area contributed by atoms with E-state index in [1.54, 1.807) is 18.3 Å². The quantitative estimate of drug-likeness (QED) is 0.719. The maximum absolute atomic E-state index is 13.0. The molecular weight excluding hydrogens is 384 g/mol. The minimum atomic E-state index is -0.0614. The molecule has 6 nitrogen and oxygen atoms in total. The lowest BCUT2D eigenvalue weighted by Gasteiger charge is -2.32. The number of carbonyl (C=O) groups excluding carboxylic acids is 2.